The van der Waals surface area contributed by atoms with E-state index in [-0.39, 0.29) is 23.9 Å². The van der Waals surface area contributed by atoms with Crippen LogP contribution in [0.5, 0.6) is 5.75 Å². The fraction of sp³-hybridized carbons (Fsp3) is 0.611. The van der Waals surface area contributed by atoms with E-state index >= 15 is 0 Å². The molecule has 8 heteroatoms. The molecule has 1 rings (SSSR count). The van der Waals surface area contributed by atoms with Crippen LogP contribution in [-0.2, 0) is 19.6 Å². The van der Waals surface area contributed by atoms with Crippen molar-refractivity contribution in [1.82, 2.24) is 9.62 Å². The Morgan fingerprint density at radius 2 is 1.92 bits per heavy atom. The third kappa shape index (κ3) is 6.59. The second kappa shape index (κ2) is 11.2. The van der Waals surface area contributed by atoms with Crippen molar-refractivity contribution in [2.75, 3.05) is 39.5 Å². The lowest BCUT2D eigenvalue weighted by Crippen LogP contribution is -2.41. The number of carbonyl (C=O) groups is 1. The summed E-state index contributed by atoms with van der Waals surface area (Å²) in [7, 11) is -3.75. The molecule has 0 unspecified atom stereocenters. The lowest BCUT2D eigenvalue weighted by Gasteiger charge is -2.20. The van der Waals surface area contributed by atoms with Crippen molar-refractivity contribution < 1.29 is 22.7 Å². The minimum absolute atomic E-state index is 0.157. The molecular weight excluding hydrogens is 356 g/mol. The van der Waals surface area contributed by atoms with Crippen LogP contribution < -0.4 is 10.1 Å². The van der Waals surface area contributed by atoms with Crippen LogP contribution in [0, 0.1) is 6.92 Å². The monoisotopic (exact) mass is 386 g/mol. The Morgan fingerprint density at radius 3 is 2.50 bits per heavy atom. The van der Waals surface area contributed by atoms with Gasteiger partial charge in [-0.1, -0.05) is 6.92 Å². The van der Waals surface area contributed by atoms with Gasteiger partial charge in [-0.05, 0) is 51.0 Å². The van der Waals surface area contributed by atoms with E-state index in [4.69, 9.17) is 9.47 Å². The van der Waals surface area contributed by atoms with Crippen LogP contribution in [0.25, 0.3) is 0 Å². The summed E-state index contributed by atoms with van der Waals surface area (Å²) in [5.41, 5.74) is 0.740. The number of sulfonamides is 1. The summed E-state index contributed by atoms with van der Waals surface area (Å²) in [5, 5.41) is 2.72. The largest absolute Gasteiger partial charge is 0.494 e. The molecular formula is C18H30N2O5S. The van der Waals surface area contributed by atoms with E-state index in [1.54, 1.807) is 26.0 Å². The first-order valence-corrected chi connectivity index (χ1v) is 10.4. The van der Waals surface area contributed by atoms with Gasteiger partial charge in [0, 0.05) is 26.3 Å². The molecule has 0 bridgehead atoms. The van der Waals surface area contributed by atoms with Crippen LogP contribution in [0.15, 0.2) is 23.1 Å². The fourth-order valence-corrected chi connectivity index (χ4v) is 3.87. The van der Waals surface area contributed by atoms with Crippen molar-refractivity contribution in [3.05, 3.63) is 23.8 Å². The lowest BCUT2D eigenvalue weighted by molar-refractivity contribution is -0.121. The van der Waals surface area contributed by atoms with Crippen molar-refractivity contribution >= 4 is 15.9 Å². The molecule has 0 saturated carbocycles. The Morgan fingerprint density at radius 1 is 1.19 bits per heavy atom. The third-order valence-corrected chi connectivity index (χ3v) is 5.67. The first-order chi connectivity index (χ1) is 12.4. The molecule has 0 heterocycles. The highest BCUT2D eigenvalue weighted by Crippen LogP contribution is 2.24. The van der Waals surface area contributed by atoms with Gasteiger partial charge in [0.25, 0.3) is 0 Å². The second-order valence-electron chi connectivity index (χ2n) is 5.69. The summed E-state index contributed by atoms with van der Waals surface area (Å²) in [6, 6.07) is 4.73. The van der Waals surface area contributed by atoms with E-state index in [1.165, 1.54) is 10.4 Å². The van der Waals surface area contributed by atoms with Gasteiger partial charge in [0.2, 0.25) is 15.9 Å². The third-order valence-electron chi connectivity index (χ3n) is 3.75. The maximum Gasteiger partial charge on any atom is 0.243 e. The number of benzene rings is 1. The molecule has 1 amide bonds. The molecule has 1 N–H and O–H groups in total. The van der Waals surface area contributed by atoms with Crippen LogP contribution in [-0.4, -0.2) is 58.1 Å². The highest BCUT2D eigenvalue weighted by atomic mass is 32.2. The minimum Gasteiger partial charge on any atom is -0.494 e. The topological polar surface area (TPSA) is 84.9 Å². The Balaban J connectivity index is 2.75. The van der Waals surface area contributed by atoms with E-state index < -0.39 is 10.0 Å². The number of ether oxygens (including phenoxy) is 2. The fourth-order valence-electron chi connectivity index (χ4n) is 2.38. The molecule has 0 aliphatic carbocycles. The summed E-state index contributed by atoms with van der Waals surface area (Å²) in [4.78, 5) is 12.2. The summed E-state index contributed by atoms with van der Waals surface area (Å²) in [5.74, 6) is 0.330. The van der Waals surface area contributed by atoms with Crippen molar-refractivity contribution in [2.45, 2.75) is 39.0 Å². The number of rotatable bonds is 12. The molecule has 1 aromatic carbocycles. The molecule has 0 aromatic heterocycles. The van der Waals surface area contributed by atoms with Gasteiger partial charge in [-0.3, -0.25) is 4.79 Å². The van der Waals surface area contributed by atoms with Crippen LogP contribution in [0.3, 0.4) is 0 Å². The number of nitrogens with one attached hydrogen (secondary N) is 1. The zero-order valence-electron chi connectivity index (χ0n) is 16.1. The molecule has 7 nitrogen and oxygen atoms in total. The standard InChI is InChI=1S/C18H30N2O5S/c1-5-20(14-18(21)19-11-8-12-24-6-2)26(22,23)16-9-10-17(25-7-3)15(4)13-16/h9-10,13H,5-8,11-12,14H2,1-4H3,(H,19,21). The first-order valence-electron chi connectivity index (χ1n) is 8.94. The van der Waals surface area contributed by atoms with Gasteiger partial charge in [0.05, 0.1) is 18.0 Å². The number of aryl methyl sites for hydroxylation is 1. The maximum absolute atomic E-state index is 12.8. The molecule has 0 spiro atoms. The average molecular weight is 387 g/mol. The smallest absolute Gasteiger partial charge is 0.243 e. The first kappa shape index (κ1) is 22.4. The zero-order chi connectivity index (χ0) is 19.6. The number of carbonyl (C=O) groups excluding carboxylic acids is 1. The van der Waals surface area contributed by atoms with Gasteiger partial charge >= 0.3 is 0 Å². The molecule has 0 fully saturated rings. The van der Waals surface area contributed by atoms with Crippen molar-refractivity contribution in [2.24, 2.45) is 0 Å². The van der Waals surface area contributed by atoms with E-state index in [0.717, 1.165) is 5.56 Å². The molecule has 0 radical (unpaired) electrons. The predicted molar refractivity (Wildman–Crippen MR) is 101 cm³/mol. The van der Waals surface area contributed by atoms with E-state index in [9.17, 15) is 13.2 Å². The van der Waals surface area contributed by atoms with Crippen molar-refractivity contribution in [1.29, 1.82) is 0 Å². The Hall–Kier alpha value is -1.64. The number of amides is 1. The van der Waals surface area contributed by atoms with Crippen LogP contribution >= 0.6 is 0 Å². The van der Waals surface area contributed by atoms with Crippen LogP contribution in [0.1, 0.15) is 32.8 Å². The van der Waals surface area contributed by atoms with Gasteiger partial charge in [0.1, 0.15) is 5.75 Å². The molecule has 0 saturated heterocycles. The number of hydrogen-bond donors (Lipinski definition) is 1. The van der Waals surface area contributed by atoms with Crippen LogP contribution in [0.4, 0.5) is 0 Å². The Kier molecular flexibility index (Phi) is 9.61. The van der Waals surface area contributed by atoms with Gasteiger partial charge in [0.15, 0.2) is 0 Å². The normalized spacial score (nSPS) is 11.6. The predicted octanol–water partition coefficient (Wildman–Crippen LogP) is 1.95. The quantitative estimate of drug-likeness (QED) is 0.555. The van der Waals surface area contributed by atoms with Gasteiger partial charge in [-0.25, -0.2) is 8.42 Å². The SMILES string of the molecule is CCOCCCNC(=O)CN(CC)S(=O)(=O)c1ccc(OCC)c(C)c1. The Labute approximate surface area is 156 Å². The van der Waals surface area contributed by atoms with Crippen molar-refractivity contribution in [3.63, 3.8) is 0 Å². The number of likely N-dealkylation sites (N-methyl/N-ethyl adjacent to an activating group) is 1. The highest BCUT2D eigenvalue weighted by Gasteiger charge is 2.25. The molecule has 148 valence electrons. The second-order valence-corrected chi connectivity index (χ2v) is 7.63. The lowest BCUT2D eigenvalue weighted by atomic mass is 10.2. The highest BCUT2D eigenvalue weighted by molar-refractivity contribution is 7.89. The number of hydrogen-bond acceptors (Lipinski definition) is 5. The molecule has 0 aliphatic rings. The minimum atomic E-state index is -3.75. The van der Waals surface area contributed by atoms with Crippen LogP contribution in [0.2, 0.25) is 0 Å². The average Bonchev–Trinajstić information content (AvgIpc) is 2.61. The Bertz CT molecular complexity index is 676. The molecule has 26 heavy (non-hydrogen) atoms. The van der Waals surface area contributed by atoms with Crippen molar-refractivity contribution in [3.8, 4) is 5.75 Å². The number of nitrogens with zero attached hydrogens (tertiary/aromatic N) is 1. The van der Waals surface area contributed by atoms with Gasteiger partial charge in [-0.15, -0.1) is 0 Å². The van der Waals surface area contributed by atoms with E-state index in [2.05, 4.69) is 5.32 Å². The summed E-state index contributed by atoms with van der Waals surface area (Å²) < 4.78 is 37.5. The van der Waals surface area contributed by atoms with Gasteiger partial charge < -0.3 is 14.8 Å². The maximum atomic E-state index is 12.8. The molecule has 1 aromatic rings. The molecule has 0 atom stereocenters. The summed E-state index contributed by atoms with van der Waals surface area (Å²) in [6.07, 6.45) is 0.691. The zero-order valence-corrected chi connectivity index (χ0v) is 16.9. The van der Waals surface area contributed by atoms with E-state index in [1.807, 2.05) is 13.8 Å². The van der Waals surface area contributed by atoms with Gasteiger partial charge in [-0.2, -0.15) is 4.31 Å². The summed E-state index contributed by atoms with van der Waals surface area (Å²) in [6.45, 7) is 9.46. The van der Waals surface area contributed by atoms with E-state index in [0.29, 0.717) is 38.5 Å². The summed E-state index contributed by atoms with van der Waals surface area (Å²) >= 11 is 0. The molecule has 0 aliphatic heterocycles.